The zero-order valence-electron chi connectivity index (χ0n) is 14.7. The van der Waals surface area contributed by atoms with Gasteiger partial charge in [0.05, 0.1) is 18.1 Å². The first-order chi connectivity index (χ1) is 11.5. The third-order valence-corrected chi connectivity index (χ3v) is 5.33. The zero-order chi connectivity index (χ0) is 17.6. The summed E-state index contributed by atoms with van der Waals surface area (Å²) in [6, 6.07) is 7.47. The number of hydrogen-bond donors (Lipinski definition) is 1. The first-order valence-corrected chi connectivity index (χ1v) is 8.94. The van der Waals surface area contributed by atoms with Crippen molar-refractivity contribution >= 4 is 11.9 Å². The normalized spacial score (nSPS) is 24.7. The van der Waals surface area contributed by atoms with Crippen LogP contribution in [0.2, 0.25) is 0 Å². The van der Waals surface area contributed by atoms with Crippen molar-refractivity contribution < 1.29 is 19.4 Å². The molecule has 1 aliphatic carbocycles. The smallest absolute Gasteiger partial charge is 0.337 e. The Morgan fingerprint density at radius 1 is 1.21 bits per heavy atom. The van der Waals surface area contributed by atoms with Crippen LogP contribution in [0.1, 0.15) is 80.1 Å². The predicted octanol–water partition coefficient (Wildman–Crippen LogP) is 4.78. The summed E-state index contributed by atoms with van der Waals surface area (Å²) in [6.07, 6.45) is 7.32. The van der Waals surface area contributed by atoms with E-state index in [4.69, 9.17) is 4.74 Å². The van der Waals surface area contributed by atoms with Crippen molar-refractivity contribution in [2.45, 2.75) is 64.2 Å². The van der Waals surface area contributed by atoms with Crippen molar-refractivity contribution in [3.63, 3.8) is 0 Å². The van der Waals surface area contributed by atoms with Gasteiger partial charge in [-0.3, -0.25) is 4.79 Å². The summed E-state index contributed by atoms with van der Waals surface area (Å²) in [5.41, 5.74) is 1.05. The number of hydrogen-bond acceptors (Lipinski definition) is 3. The minimum atomic E-state index is -0.651. The maximum absolute atomic E-state index is 12.0. The van der Waals surface area contributed by atoms with Crippen molar-refractivity contribution in [2.24, 2.45) is 5.41 Å². The Kier molecular flexibility index (Phi) is 6.41. The van der Waals surface area contributed by atoms with E-state index in [1.807, 2.05) is 12.1 Å². The average molecular weight is 332 g/mol. The van der Waals surface area contributed by atoms with Crippen LogP contribution in [0, 0.1) is 5.41 Å². The molecule has 1 unspecified atom stereocenters. The largest absolute Gasteiger partial charge is 0.481 e. The lowest BCUT2D eigenvalue weighted by Gasteiger charge is -2.35. The molecular formula is C20H28O4. The Labute approximate surface area is 144 Å². The minimum absolute atomic E-state index is 0.236. The zero-order valence-corrected chi connectivity index (χ0v) is 14.7. The molecule has 0 bridgehead atoms. The Balaban J connectivity index is 2.25. The predicted molar refractivity (Wildman–Crippen MR) is 93.2 cm³/mol. The van der Waals surface area contributed by atoms with Crippen LogP contribution in [0.25, 0.3) is 0 Å². The van der Waals surface area contributed by atoms with Gasteiger partial charge in [-0.15, -0.1) is 0 Å². The highest BCUT2D eigenvalue weighted by molar-refractivity contribution is 5.89. The van der Waals surface area contributed by atoms with E-state index in [1.165, 1.54) is 7.11 Å². The molecule has 0 spiro atoms. The lowest BCUT2D eigenvalue weighted by molar-refractivity contribution is -0.151. The van der Waals surface area contributed by atoms with Crippen LogP contribution in [0.15, 0.2) is 24.3 Å². The van der Waals surface area contributed by atoms with Gasteiger partial charge in [0.2, 0.25) is 0 Å². The number of carboxylic acid groups (broad SMARTS) is 1. The number of esters is 1. The molecule has 0 aromatic heterocycles. The van der Waals surface area contributed by atoms with E-state index in [0.717, 1.165) is 50.5 Å². The Bertz CT molecular complexity index is 564. The summed E-state index contributed by atoms with van der Waals surface area (Å²) in [7, 11) is 1.37. The molecule has 4 heteroatoms. The van der Waals surface area contributed by atoms with Crippen LogP contribution in [0.4, 0.5) is 0 Å². The summed E-state index contributed by atoms with van der Waals surface area (Å²) in [5, 5.41) is 9.89. The van der Waals surface area contributed by atoms with E-state index in [1.54, 1.807) is 12.1 Å². The molecule has 1 saturated carbocycles. The second kappa shape index (κ2) is 8.32. The second-order valence-electron chi connectivity index (χ2n) is 6.95. The van der Waals surface area contributed by atoms with Gasteiger partial charge in [-0.2, -0.15) is 0 Å². The van der Waals surface area contributed by atoms with Gasteiger partial charge in [-0.25, -0.2) is 4.79 Å². The quantitative estimate of drug-likeness (QED) is 0.788. The fourth-order valence-corrected chi connectivity index (χ4v) is 4.01. The third-order valence-electron chi connectivity index (χ3n) is 5.33. The molecule has 1 aliphatic rings. The topological polar surface area (TPSA) is 63.6 Å². The molecule has 0 heterocycles. The van der Waals surface area contributed by atoms with Crippen LogP contribution in [-0.4, -0.2) is 24.2 Å². The molecule has 0 amide bonds. The van der Waals surface area contributed by atoms with E-state index >= 15 is 0 Å². The van der Waals surface area contributed by atoms with Gasteiger partial charge in [0.25, 0.3) is 0 Å². The highest BCUT2D eigenvalue weighted by Crippen LogP contribution is 2.44. The molecule has 24 heavy (non-hydrogen) atoms. The van der Waals surface area contributed by atoms with Gasteiger partial charge in [0.1, 0.15) is 0 Å². The Morgan fingerprint density at radius 3 is 2.50 bits per heavy atom. The molecule has 1 fully saturated rings. The highest BCUT2D eigenvalue weighted by Gasteiger charge is 2.40. The summed E-state index contributed by atoms with van der Waals surface area (Å²) < 4.78 is 4.74. The van der Waals surface area contributed by atoms with Crippen molar-refractivity contribution in [3.05, 3.63) is 35.4 Å². The number of ether oxygens (including phenoxy) is 1. The van der Waals surface area contributed by atoms with Crippen LogP contribution in [0.5, 0.6) is 0 Å². The van der Waals surface area contributed by atoms with Gasteiger partial charge < -0.3 is 9.84 Å². The van der Waals surface area contributed by atoms with E-state index in [2.05, 4.69) is 6.92 Å². The van der Waals surface area contributed by atoms with Crippen molar-refractivity contribution in [2.75, 3.05) is 7.11 Å². The maximum Gasteiger partial charge on any atom is 0.337 e. The second-order valence-corrected chi connectivity index (χ2v) is 6.95. The number of methoxy groups -OCH3 is 1. The summed E-state index contributed by atoms with van der Waals surface area (Å²) in [4.78, 5) is 23.6. The van der Waals surface area contributed by atoms with E-state index < -0.39 is 11.4 Å². The molecule has 2 atom stereocenters. The van der Waals surface area contributed by atoms with Crippen LogP contribution < -0.4 is 0 Å². The van der Waals surface area contributed by atoms with Gasteiger partial charge in [0, 0.05) is 0 Å². The van der Waals surface area contributed by atoms with Gasteiger partial charge >= 0.3 is 11.9 Å². The lowest BCUT2D eigenvalue weighted by atomic mass is 9.68. The molecule has 1 aromatic rings. The lowest BCUT2D eigenvalue weighted by Crippen LogP contribution is -2.34. The van der Waals surface area contributed by atoms with Crippen molar-refractivity contribution in [3.8, 4) is 0 Å². The minimum Gasteiger partial charge on any atom is -0.481 e. The standard InChI is InChI=1S/C20H28O4/c1-3-12-20(19(22)23)13-6-4-5-7-17(14-20)15-8-10-16(11-9-15)18(21)24-2/h8-11,17H,3-7,12-14H2,1-2H3,(H,22,23)/t17?,20-/m0/s1. The molecular weight excluding hydrogens is 304 g/mol. The van der Waals surface area contributed by atoms with Crippen molar-refractivity contribution in [1.29, 1.82) is 0 Å². The monoisotopic (exact) mass is 332 g/mol. The molecule has 1 aromatic carbocycles. The van der Waals surface area contributed by atoms with Gasteiger partial charge in [-0.1, -0.05) is 44.7 Å². The fourth-order valence-electron chi connectivity index (χ4n) is 4.01. The summed E-state index contributed by atoms with van der Waals surface area (Å²) in [5.74, 6) is -0.757. The number of carbonyl (C=O) groups excluding carboxylic acids is 1. The SMILES string of the molecule is CCC[C@]1(C(=O)O)CCCCCC(c2ccc(C(=O)OC)cc2)C1. The first-order valence-electron chi connectivity index (χ1n) is 8.94. The van der Waals surface area contributed by atoms with Gasteiger partial charge in [0.15, 0.2) is 0 Å². The molecule has 4 nitrogen and oxygen atoms in total. The summed E-state index contributed by atoms with van der Waals surface area (Å²) in [6.45, 7) is 2.06. The number of benzene rings is 1. The van der Waals surface area contributed by atoms with E-state index in [9.17, 15) is 14.7 Å². The highest BCUT2D eigenvalue weighted by atomic mass is 16.5. The summed E-state index contributed by atoms with van der Waals surface area (Å²) >= 11 is 0. The molecule has 0 aliphatic heterocycles. The molecule has 0 saturated heterocycles. The van der Waals surface area contributed by atoms with E-state index in [0.29, 0.717) is 12.0 Å². The van der Waals surface area contributed by atoms with Gasteiger partial charge in [-0.05, 0) is 49.3 Å². The number of rotatable bonds is 5. The number of carbonyl (C=O) groups is 2. The molecule has 0 radical (unpaired) electrons. The maximum atomic E-state index is 12.0. The molecule has 2 rings (SSSR count). The first kappa shape index (κ1) is 18.5. The number of carboxylic acids is 1. The van der Waals surface area contributed by atoms with Crippen LogP contribution in [-0.2, 0) is 9.53 Å². The van der Waals surface area contributed by atoms with Crippen molar-refractivity contribution in [1.82, 2.24) is 0 Å². The molecule has 132 valence electrons. The fraction of sp³-hybridized carbons (Fsp3) is 0.600. The van der Waals surface area contributed by atoms with E-state index in [-0.39, 0.29) is 11.9 Å². The molecule has 1 N–H and O–H groups in total. The Hall–Kier alpha value is -1.84. The van der Waals surface area contributed by atoms with Crippen LogP contribution >= 0.6 is 0 Å². The van der Waals surface area contributed by atoms with Crippen LogP contribution in [0.3, 0.4) is 0 Å². The average Bonchev–Trinajstić information content (AvgIpc) is 2.56. The number of aliphatic carboxylic acids is 1. The Morgan fingerprint density at radius 2 is 1.92 bits per heavy atom. The third kappa shape index (κ3) is 4.16.